The van der Waals surface area contributed by atoms with Crippen molar-refractivity contribution in [3.63, 3.8) is 0 Å². The molecule has 0 aromatic heterocycles. The number of benzene rings is 2. The van der Waals surface area contributed by atoms with Gasteiger partial charge in [0.05, 0.1) is 10.9 Å². The highest BCUT2D eigenvalue weighted by molar-refractivity contribution is 7.89. The van der Waals surface area contributed by atoms with E-state index in [9.17, 15) is 17.6 Å². The molecule has 1 heterocycles. The van der Waals surface area contributed by atoms with E-state index < -0.39 is 10.0 Å². The lowest BCUT2D eigenvalue weighted by Gasteiger charge is -2.25. The number of halogens is 1. The van der Waals surface area contributed by atoms with Gasteiger partial charge in [0.25, 0.3) is 5.91 Å². The maximum absolute atomic E-state index is 13.1. The molecule has 3 rings (SSSR count). The number of carbonyl (C=O) groups is 1. The van der Waals surface area contributed by atoms with Crippen molar-refractivity contribution < 1.29 is 17.6 Å². The molecule has 1 amide bonds. The van der Waals surface area contributed by atoms with E-state index in [0.29, 0.717) is 18.7 Å². The molecular weight excluding hydrogens is 355 g/mol. The van der Waals surface area contributed by atoms with Crippen LogP contribution in [0.1, 0.15) is 41.7 Å². The minimum absolute atomic E-state index is 0.0896. The van der Waals surface area contributed by atoms with Gasteiger partial charge in [0.1, 0.15) is 5.82 Å². The molecule has 5 nitrogen and oxygen atoms in total. The molecule has 0 unspecified atom stereocenters. The summed E-state index contributed by atoms with van der Waals surface area (Å²) in [6, 6.07) is 12.1. The molecule has 0 bridgehead atoms. The van der Waals surface area contributed by atoms with Crippen molar-refractivity contribution in [3.05, 3.63) is 65.5 Å². The predicted molar refractivity (Wildman–Crippen MR) is 96.7 cm³/mol. The lowest BCUT2D eigenvalue weighted by molar-refractivity contribution is 0.0735. The Balaban J connectivity index is 1.81. The monoisotopic (exact) mass is 376 g/mol. The summed E-state index contributed by atoms with van der Waals surface area (Å²) >= 11 is 0. The topological polar surface area (TPSA) is 66.5 Å². The van der Waals surface area contributed by atoms with Crippen LogP contribution in [0, 0.1) is 5.82 Å². The standard InChI is InChI=1S/C19H21FN2O3S/c1-2-21-26(24,25)17-11-7-15(8-12-17)19(23)22-13-3-4-18(22)14-5-9-16(20)10-6-14/h5-12,18,21H,2-4,13H2,1H3/t18-/m1/s1. The van der Waals surface area contributed by atoms with Crippen LogP contribution in [0.15, 0.2) is 53.4 Å². The van der Waals surface area contributed by atoms with Crippen molar-refractivity contribution in [3.8, 4) is 0 Å². The van der Waals surface area contributed by atoms with Gasteiger partial charge in [-0.1, -0.05) is 19.1 Å². The van der Waals surface area contributed by atoms with E-state index in [-0.39, 0.29) is 22.7 Å². The quantitative estimate of drug-likeness (QED) is 0.872. The number of hydrogen-bond acceptors (Lipinski definition) is 3. The fraction of sp³-hybridized carbons (Fsp3) is 0.316. The van der Waals surface area contributed by atoms with Crippen molar-refractivity contribution in [2.24, 2.45) is 0 Å². The first-order valence-electron chi connectivity index (χ1n) is 8.58. The number of likely N-dealkylation sites (tertiary alicyclic amines) is 1. The van der Waals surface area contributed by atoms with Gasteiger partial charge in [-0.15, -0.1) is 0 Å². The van der Waals surface area contributed by atoms with Crippen LogP contribution in [0.2, 0.25) is 0 Å². The summed E-state index contributed by atoms with van der Waals surface area (Å²) in [6.07, 6.45) is 1.70. The van der Waals surface area contributed by atoms with Gasteiger partial charge in [-0.05, 0) is 54.8 Å². The number of hydrogen-bond donors (Lipinski definition) is 1. The van der Waals surface area contributed by atoms with Crippen LogP contribution in [0.25, 0.3) is 0 Å². The third-order valence-electron chi connectivity index (χ3n) is 4.51. The normalized spacial score (nSPS) is 17.5. The van der Waals surface area contributed by atoms with Crippen molar-refractivity contribution >= 4 is 15.9 Å². The lowest BCUT2D eigenvalue weighted by atomic mass is 10.0. The average Bonchev–Trinajstić information content (AvgIpc) is 3.11. The van der Waals surface area contributed by atoms with Crippen molar-refractivity contribution in [2.45, 2.75) is 30.7 Å². The molecule has 0 radical (unpaired) electrons. The highest BCUT2D eigenvalue weighted by Crippen LogP contribution is 2.33. The second-order valence-corrected chi connectivity index (χ2v) is 8.00. The fourth-order valence-corrected chi connectivity index (χ4v) is 4.30. The molecule has 1 aliphatic rings. The van der Waals surface area contributed by atoms with Gasteiger partial charge < -0.3 is 4.90 Å². The van der Waals surface area contributed by atoms with E-state index in [1.807, 2.05) is 0 Å². The van der Waals surface area contributed by atoms with Gasteiger partial charge in [-0.2, -0.15) is 0 Å². The van der Waals surface area contributed by atoms with Gasteiger partial charge in [0, 0.05) is 18.7 Å². The summed E-state index contributed by atoms with van der Waals surface area (Å²) in [5.41, 5.74) is 1.35. The maximum atomic E-state index is 13.1. The molecular formula is C19H21FN2O3S. The van der Waals surface area contributed by atoms with Crippen LogP contribution >= 0.6 is 0 Å². The van der Waals surface area contributed by atoms with Crippen molar-refractivity contribution in [1.82, 2.24) is 9.62 Å². The Morgan fingerprint density at radius 1 is 1.15 bits per heavy atom. The highest BCUT2D eigenvalue weighted by atomic mass is 32.2. The Kier molecular flexibility index (Phi) is 5.38. The fourth-order valence-electron chi connectivity index (χ4n) is 3.26. The van der Waals surface area contributed by atoms with E-state index in [0.717, 1.165) is 18.4 Å². The smallest absolute Gasteiger partial charge is 0.254 e. The second kappa shape index (κ2) is 7.55. The minimum Gasteiger partial charge on any atom is -0.332 e. The molecule has 0 aliphatic carbocycles. The van der Waals surface area contributed by atoms with Crippen LogP contribution in [0.3, 0.4) is 0 Å². The molecule has 1 fully saturated rings. The zero-order valence-corrected chi connectivity index (χ0v) is 15.3. The lowest BCUT2D eigenvalue weighted by Crippen LogP contribution is -2.30. The third kappa shape index (κ3) is 3.78. The van der Waals surface area contributed by atoms with E-state index >= 15 is 0 Å². The van der Waals surface area contributed by atoms with Gasteiger partial charge in [-0.3, -0.25) is 4.79 Å². The summed E-state index contributed by atoms with van der Waals surface area (Å²) in [7, 11) is -3.54. The largest absolute Gasteiger partial charge is 0.332 e. The predicted octanol–water partition coefficient (Wildman–Crippen LogP) is 3.10. The zero-order valence-electron chi connectivity index (χ0n) is 14.5. The van der Waals surface area contributed by atoms with Crippen LogP contribution in [0.4, 0.5) is 4.39 Å². The van der Waals surface area contributed by atoms with Crippen molar-refractivity contribution in [2.75, 3.05) is 13.1 Å². The van der Waals surface area contributed by atoms with E-state index in [1.54, 1.807) is 24.0 Å². The Morgan fingerprint density at radius 3 is 2.42 bits per heavy atom. The zero-order chi connectivity index (χ0) is 18.7. The van der Waals surface area contributed by atoms with Gasteiger partial charge in [0.15, 0.2) is 0 Å². The number of carbonyl (C=O) groups excluding carboxylic acids is 1. The van der Waals surface area contributed by atoms with Crippen LogP contribution < -0.4 is 4.72 Å². The molecule has 0 spiro atoms. The molecule has 1 aliphatic heterocycles. The first-order chi connectivity index (χ1) is 12.4. The molecule has 2 aromatic rings. The first-order valence-corrected chi connectivity index (χ1v) is 10.1. The Labute approximate surface area is 152 Å². The summed E-state index contributed by atoms with van der Waals surface area (Å²) < 4.78 is 39.6. The number of amides is 1. The van der Waals surface area contributed by atoms with Crippen molar-refractivity contribution in [1.29, 1.82) is 0 Å². The van der Waals surface area contributed by atoms with Crippen LogP contribution in [0.5, 0.6) is 0 Å². The molecule has 26 heavy (non-hydrogen) atoms. The van der Waals surface area contributed by atoms with E-state index in [2.05, 4.69) is 4.72 Å². The Hall–Kier alpha value is -2.25. The third-order valence-corrected chi connectivity index (χ3v) is 6.08. The average molecular weight is 376 g/mol. The molecule has 138 valence electrons. The SMILES string of the molecule is CCNS(=O)(=O)c1ccc(C(=O)N2CCC[C@@H]2c2ccc(F)cc2)cc1. The van der Waals surface area contributed by atoms with Crippen LogP contribution in [-0.4, -0.2) is 32.3 Å². The van der Waals surface area contributed by atoms with Crippen LogP contribution in [-0.2, 0) is 10.0 Å². The Morgan fingerprint density at radius 2 is 1.81 bits per heavy atom. The number of nitrogens with one attached hydrogen (secondary N) is 1. The first kappa shape index (κ1) is 18.5. The summed E-state index contributed by atoms with van der Waals surface area (Å²) in [6.45, 7) is 2.63. The van der Waals surface area contributed by atoms with Gasteiger partial charge >= 0.3 is 0 Å². The molecule has 1 saturated heterocycles. The Bertz CT molecular complexity index is 880. The van der Waals surface area contributed by atoms with Gasteiger partial charge in [0.2, 0.25) is 10.0 Å². The summed E-state index contributed by atoms with van der Waals surface area (Å²) in [5, 5.41) is 0. The highest BCUT2D eigenvalue weighted by Gasteiger charge is 2.30. The second-order valence-electron chi connectivity index (χ2n) is 6.23. The minimum atomic E-state index is -3.54. The molecule has 0 saturated carbocycles. The van der Waals surface area contributed by atoms with E-state index in [4.69, 9.17) is 0 Å². The molecule has 1 N–H and O–H groups in total. The molecule has 7 heteroatoms. The summed E-state index contributed by atoms with van der Waals surface area (Å²) in [5.74, 6) is -0.452. The number of nitrogens with zero attached hydrogens (tertiary/aromatic N) is 1. The number of sulfonamides is 1. The summed E-state index contributed by atoms with van der Waals surface area (Å²) in [4.78, 5) is 14.8. The molecule has 2 aromatic carbocycles. The van der Waals surface area contributed by atoms with Gasteiger partial charge in [-0.25, -0.2) is 17.5 Å². The maximum Gasteiger partial charge on any atom is 0.254 e. The number of rotatable bonds is 5. The van der Waals surface area contributed by atoms with E-state index in [1.165, 1.54) is 36.4 Å². The molecule has 1 atom stereocenters.